The molecule has 2 aliphatic heterocycles. The van der Waals surface area contributed by atoms with Crippen molar-refractivity contribution in [3.8, 4) is 6.07 Å². The van der Waals surface area contributed by atoms with Crippen molar-refractivity contribution in [1.82, 2.24) is 29.2 Å². The first-order valence-electron chi connectivity index (χ1n) is 15.8. The van der Waals surface area contributed by atoms with Crippen LogP contribution in [0, 0.1) is 18.3 Å². The summed E-state index contributed by atoms with van der Waals surface area (Å²) < 4.78 is 41.2. The normalized spacial score (nSPS) is 17.3. The molecule has 1 amide bonds. The summed E-state index contributed by atoms with van der Waals surface area (Å²) in [5.41, 5.74) is 4.07. The second-order valence-corrected chi connectivity index (χ2v) is 13.5. The molecule has 4 aromatic rings. The number of piperidine rings is 1. The number of hydrogen-bond donors (Lipinski definition) is 1. The third kappa shape index (κ3) is 6.99. The number of carbonyl (C=O) groups is 1. The van der Waals surface area contributed by atoms with Gasteiger partial charge in [-0.25, -0.2) is 9.97 Å². The van der Waals surface area contributed by atoms with Crippen molar-refractivity contribution in [1.29, 1.82) is 5.26 Å². The van der Waals surface area contributed by atoms with Gasteiger partial charge < -0.3 is 14.8 Å². The number of nitrogens with zero attached hydrogens (tertiary/aromatic N) is 7. The molecule has 13 heteroatoms. The lowest BCUT2D eigenvalue weighted by atomic mass is 10.0. The molecule has 3 aromatic heterocycles. The van der Waals surface area contributed by atoms with Crippen LogP contribution in [0.4, 0.5) is 19.0 Å². The summed E-state index contributed by atoms with van der Waals surface area (Å²) in [5, 5.41) is 15.2. The van der Waals surface area contributed by atoms with Gasteiger partial charge >= 0.3 is 6.18 Å². The largest absolute Gasteiger partial charge is 0.393 e. The Kier molecular flexibility index (Phi) is 9.23. The minimum Gasteiger partial charge on any atom is -0.367 e. The van der Waals surface area contributed by atoms with Gasteiger partial charge in [-0.1, -0.05) is 13.0 Å². The molecule has 0 atom stereocenters. The smallest absolute Gasteiger partial charge is 0.367 e. The lowest BCUT2D eigenvalue weighted by Crippen LogP contribution is -2.49. The fourth-order valence-corrected chi connectivity index (χ4v) is 7.58. The highest BCUT2D eigenvalue weighted by atomic mass is 32.1. The molecule has 9 nitrogen and oxygen atoms in total. The maximum absolute atomic E-state index is 13.1. The number of benzene rings is 1. The van der Waals surface area contributed by atoms with Crippen molar-refractivity contribution in [2.45, 2.75) is 64.8 Å². The monoisotopic (exact) mass is 652 g/mol. The summed E-state index contributed by atoms with van der Waals surface area (Å²) in [6, 6.07) is 10.4. The van der Waals surface area contributed by atoms with E-state index in [0.29, 0.717) is 53.6 Å². The number of nitrogens with one attached hydrogen (secondary N) is 1. The molecule has 244 valence electrons. The minimum atomic E-state index is -4.26. The van der Waals surface area contributed by atoms with Crippen molar-refractivity contribution in [2.75, 3.05) is 51.6 Å². The number of aryl methyl sites for hydroxylation is 2. The van der Waals surface area contributed by atoms with Crippen LogP contribution in [0.5, 0.6) is 0 Å². The number of hydrogen-bond acceptors (Lipinski definition) is 8. The van der Waals surface area contributed by atoms with Crippen LogP contribution in [-0.4, -0.2) is 93.7 Å². The van der Waals surface area contributed by atoms with Gasteiger partial charge in [0.2, 0.25) is 5.91 Å². The van der Waals surface area contributed by atoms with Gasteiger partial charge in [0.1, 0.15) is 28.2 Å². The van der Waals surface area contributed by atoms with Crippen LogP contribution in [0.15, 0.2) is 24.3 Å². The van der Waals surface area contributed by atoms with Crippen LogP contribution in [0.3, 0.4) is 0 Å². The summed E-state index contributed by atoms with van der Waals surface area (Å²) in [6.07, 6.45) is -2.84. The maximum atomic E-state index is 13.1. The van der Waals surface area contributed by atoms with Crippen LogP contribution >= 0.6 is 11.3 Å². The van der Waals surface area contributed by atoms with E-state index in [0.717, 1.165) is 67.8 Å². The zero-order chi connectivity index (χ0) is 32.6. The average molecular weight is 653 g/mol. The average Bonchev–Trinajstić information content (AvgIpc) is 3.59. The summed E-state index contributed by atoms with van der Waals surface area (Å²) in [6.45, 7) is 9.94. The highest BCUT2D eigenvalue weighted by Gasteiger charge is 2.30. The molecule has 0 bridgehead atoms. The summed E-state index contributed by atoms with van der Waals surface area (Å²) in [7, 11) is 1.83. The summed E-state index contributed by atoms with van der Waals surface area (Å²) in [4.78, 5) is 28.5. The third-order valence-corrected chi connectivity index (χ3v) is 10.3. The molecule has 5 heterocycles. The lowest BCUT2D eigenvalue weighted by molar-refractivity contribution is -0.134. The van der Waals surface area contributed by atoms with Gasteiger partial charge in [0.05, 0.1) is 18.4 Å². The molecule has 1 aromatic carbocycles. The van der Waals surface area contributed by atoms with E-state index in [-0.39, 0.29) is 16.8 Å². The number of nitriles is 1. The predicted octanol–water partition coefficient (Wildman–Crippen LogP) is 5.34. The second-order valence-electron chi connectivity index (χ2n) is 12.4. The van der Waals surface area contributed by atoms with Crippen LogP contribution in [0.25, 0.3) is 21.1 Å². The molecule has 1 N–H and O–H groups in total. The van der Waals surface area contributed by atoms with Gasteiger partial charge in [0, 0.05) is 81.1 Å². The number of halogens is 3. The Morgan fingerprint density at radius 1 is 1.07 bits per heavy atom. The van der Waals surface area contributed by atoms with Gasteiger partial charge in [-0.3, -0.25) is 14.6 Å². The van der Waals surface area contributed by atoms with E-state index in [4.69, 9.17) is 0 Å². The van der Waals surface area contributed by atoms with E-state index in [1.807, 2.05) is 20.0 Å². The van der Waals surface area contributed by atoms with E-state index in [1.165, 1.54) is 11.1 Å². The van der Waals surface area contributed by atoms with Gasteiger partial charge in [-0.05, 0) is 49.1 Å². The summed E-state index contributed by atoms with van der Waals surface area (Å²) in [5.74, 6) is 1.38. The highest BCUT2D eigenvalue weighted by molar-refractivity contribution is 7.18. The van der Waals surface area contributed by atoms with E-state index >= 15 is 0 Å². The number of anilines is 1. The number of likely N-dealkylation sites (N-methyl/N-ethyl adjacent to an activating group) is 1. The van der Waals surface area contributed by atoms with Crippen molar-refractivity contribution >= 4 is 44.2 Å². The van der Waals surface area contributed by atoms with Gasteiger partial charge in [0.15, 0.2) is 0 Å². The number of likely N-dealkylation sites (tertiary alicyclic amines) is 1. The Morgan fingerprint density at radius 2 is 1.85 bits per heavy atom. The zero-order valence-corrected chi connectivity index (χ0v) is 27.3. The van der Waals surface area contributed by atoms with Crippen LogP contribution < -0.4 is 5.32 Å². The third-order valence-electron chi connectivity index (χ3n) is 9.26. The number of thiophene rings is 1. The molecule has 0 unspecified atom stereocenters. The molecule has 6 rings (SSSR count). The molecular formula is C33H39F3N8OS. The first-order chi connectivity index (χ1) is 22.0. The topological polar surface area (TPSA) is 93.3 Å². The SMILES string of the molecule is CCc1nc(NC2CCN(Cc3ccc4c(cc(C#N)n4CCN4CCN(C)C(=O)C4)c3C)CC2)c2cc(CC(F)(F)F)sc2n1. The number of rotatable bonds is 9. The molecule has 0 spiro atoms. The zero-order valence-electron chi connectivity index (χ0n) is 26.5. The molecule has 0 saturated carbocycles. The van der Waals surface area contributed by atoms with Crippen molar-refractivity contribution in [3.05, 3.63) is 51.8 Å². The van der Waals surface area contributed by atoms with Crippen molar-refractivity contribution in [2.24, 2.45) is 0 Å². The Labute approximate surface area is 270 Å². The van der Waals surface area contributed by atoms with E-state index in [9.17, 15) is 23.2 Å². The minimum absolute atomic E-state index is 0.127. The number of alkyl halides is 3. The van der Waals surface area contributed by atoms with Crippen molar-refractivity contribution < 1.29 is 18.0 Å². The second kappa shape index (κ2) is 13.2. The van der Waals surface area contributed by atoms with E-state index in [1.54, 1.807) is 11.0 Å². The maximum Gasteiger partial charge on any atom is 0.393 e. The molecular weight excluding hydrogens is 613 g/mol. The number of piperazine rings is 1. The highest BCUT2D eigenvalue weighted by Crippen LogP contribution is 2.34. The van der Waals surface area contributed by atoms with Crippen LogP contribution in [0.1, 0.15) is 47.3 Å². The van der Waals surface area contributed by atoms with Gasteiger partial charge in [-0.15, -0.1) is 11.3 Å². The fourth-order valence-electron chi connectivity index (χ4n) is 6.50. The molecule has 46 heavy (non-hydrogen) atoms. The summed E-state index contributed by atoms with van der Waals surface area (Å²) >= 11 is 1.09. The van der Waals surface area contributed by atoms with E-state index < -0.39 is 12.6 Å². The van der Waals surface area contributed by atoms with Crippen LogP contribution in [-0.2, 0) is 30.7 Å². The van der Waals surface area contributed by atoms with Crippen molar-refractivity contribution in [3.63, 3.8) is 0 Å². The standard InChI is InChI=1S/C33H39F3N8OS/c1-4-29-39-31(27-16-25(17-33(34,35)36)46-32(27)40-29)38-23-7-9-42(10-8-23)19-22-5-6-28-26(21(22)2)15-24(18-37)44(28)14-13-43-12-11-41(3)30(45)20-43/h5-6,15-16,23H,4,7-14,17,19-20H2,1-3H3,(H,38,39,40). The molecule has 0 radical (unpaired) electrons. The molecule has 0 aliphatic carbocycles. The molecule has 2 fully saturated rings. The Bertz CT molecular complexity index is 1780. The number of carbonyl (C=O) groups excluding carboxylic acids is 1. The Morgan fingerprint density at radius 3 is 2.54 bits per heavy atom. The van der Waals surface area contributed by atoms with E-state index in [2.05, 4.69) is 54.8 Å². The first-order valence-corrected chi connectivity index (χ1v) is 16.7. The fraction of sp³-hybridized carbons (Fsp3) is 0.515. The first kappa shape index (κ1) is 32.2. The molecule has 2 saturated heterocycles. The van der Waals surface area contributed by atoms with Gasteiger partial charge in [0.25, 0.3) is 0 Å². The molecule has 2 aliphatic rings. The lowest BCUT2D eigenvalue weighted by Gasteiger charge is -2.33. The number of fused-ring (bicyclic) bond motifs is 2. The number of amides is 1. The predicted molar refractivity (Wildman–Crippen MR) is 174 cm³/mol. The Hall–Kier alpha value is -3.73. The Balaban J connectivity index is 1.10. The quantitative estimate of drug-likeness (QED) is 0.261. The van der Waals surface area contributed by atoms with Crippen LogP contribution in [0.2, 0.25) is 0 Å². The van der Waals surface area contributed by atoms with Gasteiger partial charge in [-0.2, -0.15) is 18.4 Å². The number of aromatic nitrogens is 3.